The maximum Gasteiger partial charge on any atom is 0.345 e. The molecule has 4 fully saturated rings. The third-order valence-electron chi connectivity index (χ3n) is 5.78. The predicted molar refractivity (Wildman–Crippen MR) is 91.3 cm³/mol. The minimum absolute atomic E-state index is 0.0314. The second-order valence-electron chi connectivity index (χ2n) is 7.25. The summed E-state index contributed by atoms with van der Waals surface area (Å²) in [7, 11) is 0. The molecule has 4 atom stereocenters. The maximum atomic E-state index is 12.4. The topological polar surface area (TPSA) is 86.4 Å². The number of amides is 3. The van der Waals surface area contributed by atoms with Crippen LogP contribution in [0.25, 0.3) is 0 Å². The van der Waals surface area contributed by atoms with E-state index in [2.05, 4.69) is 28.6 Å². The number of rotatable bonds is 6. The van der Waals surface area contributed by atoms with Crippen molar-refractivity contribution in [2.75, 3.05) is 32.8 Å². The molecule has 4 rings (SSSR count). The van der Waals surface area contributed by atoms with E-state index in [0.29, 0.717) is 32.0 Å². The number of likely N-dealkylation sites (tertiary alicyclic amines) is 1. The Bertz CT molecular complexity index is 534. The largest absolute Gasteiger partial charge is 0.345 e. The highest BCUT2D eigenvalue weighted by Crippen LogP contribution is 2.30. The summed E-state index contributed by atoms with van der Waals surface area (Å²) in [6.07, 6.45) is 3.64. The molecule has 3 amide bonds. The van der Waals surface area contributed by atoms with E-state index in [9.17, 15) is 9.59 Å². The van der Waals surface area contributed by atoms with Crippen LogP contribution in [0, 0.1) is 0 Å². The summed E-state index contributed by atoms with van der Waals surface area (Å²) in [6.45, 7) is 4.28. The van der Waals surface area contributed by atoms with E-state index >= 15 is 0 Å². The normalized spacial score (nSPS) is 35.2. The number of hydrogen-bond acceptors (Lipinski definition) is 7. The van der Waals surface area contributed by atoms with Gasteiger partial charge in [-0.05, 0) is 38.8 Å². The van der Waals surface area contributed by atoms with Crippen LogP contribution in [0.15, 0.2) is 0 Å². The summed E-state index contributed by atoms with van der Waals surface area (Å²) in [5, 5.41) is 4.67. The molecule has 0 saturated carbocycles. The van der Waals surface area contributed by atoms with Gasteiger partial charge < -0.3 is 10.2 Å². The Labute approximate surface area is 152 Å². The Morgan fingerprint density at radius 2 is 2.16 bits per heavy atom. The van der Waals surface area contributed by atoms with Crippen molar-refractivity contribution < 1.29 is 18.7 Å². The van der Waals surface area contributed by atoms with E-state index in [1.807, 2.05) is 0 Å². The molecule has 9 nitrogen and oxygen atoms in total. The number of fused-ring (bicyclic) bond motifs is 2. The average Bonchev–Trinajstić information content (AvgIpc) is 3.10. The third kappa shape index (κ3) is 3.33. The van der Waals surface area contributed by atoms with Crippen LogP contribution < -0.4 is 10.8 Å². The van der Waals surface area contributed by atoms with Crippen LogP contribution >= 0.6 is 12.9 Å². The van der Waals surface area contributed by atoms with Crippen molar-refractivity contribution in [2.45, 2.75) is 49.9 Å². The summed E-state index contributed by atoms with van der Waals surface area (Å²) in [5.41, 5.74) is 2.52. The summed E-state index contributed by atoms with van der Waals surface area (Å²) in [4.78, 5) is 34.0. The highest BCUT2D eigenvalue weighted by atomic mass is 32.1. The number of carbonyl (C=O) groups is 2. The van der Waals surface area contributed by atoms with Gasteiger partial charge in [0, 0.05) is 38.1 Å². The quantitative estimate of drug-likeness (QED) is 0.332. The number of hydrogen-bond donors (Lipinski definition) is 3. The summed E-state index contributed by atoms with van der Waals surface area (Å²) >= 11 is 3.72. The molecule has 0 aromatic heterocycles. The van der Waals surface area contributed by atoms with Gasteiger partial charge in [0.25, 0.3) is 5.91 Å². The van der Waals surface area contributed by atoms with E-state index in [1.54, 1.807) is 0 Å². The van der Waals surface area contributed by atoms with Gasteiger partial charge in [0.15, 0.2) is 0 Å². The van der Waals surface area contributed by atoms with Crippen molar-refractivity contribution in [3.63, 3.8) is 0 Å². The lowest BCUT2D eigenvalue weighted by molar-refractivity contribution is -0.139. The van der Waals surface area contributed by atoms with Gasteiger partial charge in [-0.2, -0.15) is 5.06 Å². The number of nitrogens with zero attached hydrogens (tertiary/aromatic N) is 3. The Morgan fingerprint density at radius 3 is 2.88 bits per heavy atom. The second-order valence-corrected chi connectivity index (χ2v) is 7.41. The van der Waals surface area contributed by atoms with E-state index in [1.165, 1.54) is 29.5 Å². The van der Waals surface area contributed by atoms with Crippen molar-refractivity contribution in [1.82, 2.24) is 25.7 Å². The van der Waals surface area contributed by atoms with Crippen LogP contribution in [0.5, 0.6) is 0 Å². The van der Waals surface area contributed by atoms with Gasteiger partial charge in [0.1, 0.15) is 6.04 Å². The van der Waals surface area contributed by atoms with Gasteiger partial charge in [-0.25, -0.2) is 14.6 Å². The monoisotopic (exact) mass is 371 g/mol. The van der Waals surface area contributed by atoms with Crippen LogP contribution in [0.4, 0.5) is 4.79 Å². The average molecular weight is 371 g/mol. The molecule has 25 heavy (non-hydrogen) atoms. The molecule has 0 aromatic carbocycles. The van der Waals surface area contributed by atoms with E-state index in [4.69, 9.17) is 9.12 Å². The van der Waals surface area contributed by atoms with Crippen LogP contribution in [-0.2, 0) is 13.9 Å². The number of piperidine rings is 1. The number of urea groups is 1. The van der Waals surface area contributed by atoms with Gasteiger partial charge in [-0.15, -0.1) is 0 Å². The molecule has 0 aliphatic carbocycles. The zero-order valence-electron chi connectivity index (χ0n) is 14.1. The van der Waals surface area contributed by atoms with Crippen LogP contribution in [-0.4, -0.2) is 83.8 Å². The Morgan fingerprint density at radius 1 is 1.32 bits per heavy atom. The van der Waals surface area contributed by atoms with Crippen molar-refractivity contribution in [3.05, 3.63) is 0 Å². The first kappa shape index (κ1) is 17.3. The lowest BCUT2D eigenvalue weighted by Crippen LogP contribution is -2.50. The van der Waals surface area contributed by atoms with Crippen molar-refractivity contribution >= 4 is 24.8 Å². The van der Waals surface area contributed by atoms with Gasteiger partial charge in [0.05, 0.1) is 12.6 Å². The van der Waals surface area contributed by atoms with Gasteiger partial charge in [-0.1, -0.05) is 0 Å². The molecule has 4 saturated heterocycles. The Hall–Kier alpha value is -1.07. The minimum Gasteiger partial charge on any atom is -0.310 e. The molecule has 4 aliphatic rings. The molecule has 4 aliphatic heterocycles. The maximum absolute atomic E-state index is 12.4. The fourth-order valence-electron chi connectivity index (χ4n) is 4.20. The molecular weight excluding hydrogens is 346 g/mol. The minimum atomic E-state index is -0.511. The van der Waals surface area contributed by atoms with E-state index < -0.39 is 6.04 Å². The van der Waals surface area contributed by atoms with Crippen molar-refractivity contribution in [1.29, 1.82) is 0 Å². The number of carbonyl (C=O) groups excluding carboxylic acids is 2. The first-order valence-corrected chi connectivity index (χ1v) is 9.34. The fourth-order valence-corrected chi connectivity index (χ4v) is 4.40. The highest BCUT2D eigenvalue weighted by Gasteiger charge is 2.48. The van der Waals surface area contributed by atoms with Crippen LogP contribution in [0.2, 0.25) is 0 Å². The smallest absolute Gasteiger partial charge is 0.310 e. The molecule has 4 heterocycles. The third-order valence-corrected chi connectivity index (χ3v) is 5.95. The number of nitrogens with one attached hydrogen (secondary N) is 2. The van der Waals surface area contributed by atoms with E-state index in [0.717, 1.165) is 13.0 Å². The first-order chi connectivity index (χ1) is 12.2. The SMILES string of the molecule is O=C(NOC[C@H]1C[C@@H](N2CCC2)CN1)C1CCC2CN1C(=O)N2OS. The molecule has 0 spiro atoms. The van der Waals surface area contributed by atoms with Crippen molar-refractivity contribution in [3.8, 4) is 0 Å². The Kier molecular flexibility index (Phi) is 5.05. The summed E-state index contributed by atoms with van der Waals surface area (Å²) in [6, 6.07) is -0.0166. The lowest BCUT2D eigenvalue weighted by Gasteiger charge is -2.36. The number of thiol groups is 1. The molecule has 10 heteroatoms. The molecule has 140 valence electrons. The Balaban J connectivity index is 1.21. The van der Waals surface area contributed by atoms with Crippen LogP contribution in [0.3, 0.4) is 0 Å². The van der Waals surface area contributed by atoms with E-state index in [-0.39, 0.29) is 24.0 Å². The zero-order valence-corrected chi connectivity index (χ0v) is 15.0. The summed E-state index contributed by atoms with van der Waals surface area (Å²) < 4.78 is 4.82. The highest BCUT2D eigenvalue weighted by molar-refractivity contribution is 7.75. The van der Waals surface area contributed by atoms with Crippen LogP contribution in [0.1, 0.15) is 25.7 Å². The fraction of sp³-hybridized carbons (Fsp3) is 0.867. The summed E-state index contributed by atoms with van der Waals surface area (Å²) in [5.74, 6) is -0.273. The molecule has 0 aromatic rings. The molecule has 2 N–H and O–H groups in total. The molecule has 2 unspecified atom stereocenters. The second kappa shape index (κ2) is 7.28. The molecule has 0 radical (unpaired) electrons. The lowest BCUT2D eigenvalue weighted by atomic mass is 10.0. The number of hydroxylamine groups is 3. The molecule has 2 bridgehead atoms. The predicted octanol–water partition coefficient (Wildman–Crippen LogP) is -0.485. The standard InChI is InChI=1S/C15H25N5O4S/c21-14(13-3-2-11-8-19(13)15(22)20(11)24-25)17-23-9-10-6-12(7-16-10)18-4-1-5-18/h10-13,16,25H,1-9H2,(H,17,21)/t10-,11?,12-,13?/m1/s1. The van der Waals surface area contributed by atoms with Gasteiger partial charge >= 0.3 is 6.03 Å². The van der Waals surface area contributed by atoms with Gasteiger partial charge in [-0.3, -0.25) is 14.5 Å². The van der Waals surface area contributed by atoms with Gasteiger partial charge in [0.2, 0.25) is 0 Å². The molecular formula is C15H25N5O4S. The van der Waals surface area contributed by atoms with Crippen molar-refractivity contribution in [2.24, 2.45) is 0 Å². The zero-order chi connectivity index (χ0) is 17.4. The first-order valence-electron chi connectivity index (χ1n) is 8.98.